The Morgan fingerprint density at radius 3 is 2.42 bits per heavy atom. The molecule has 0 saturated carbocycles. The van der Waals surface area contributed by atoms with Gasteiger partial charge in [-0.25, -0.2) is 4.39 Å². The van der Waals surface area contributed by atoms with Crippen LogP contribution in [0.5, 0.6) is 0 Å². The fraction of sp³-hybridized carbons (Fsp3) is 0.250. The van der Waals surface area contributed by atoms with E-state index in [4.69, 9.17) is 11.6 Å². The van der Waals surface area contributed by atoms with Crippen molar-refractivity contribution in [2.75, 3.05) is 0 Å². The van der Waals surface area contributed by atoms with E-state index in [1.54, 1.807) is 12.1 Å². The van der Waals surface area contributed by atoms with Crippen molar-refractivity contribution >= 4 is 27.5 Å². The van der Waals surface area contributed by atoms with E-state index in [0.717, 1.165) is 18.4 Å². The van der Waals surface area contributed by atoms with Crippen molar-refractivity contribution in [3.63, 3.8) is 0 Å². The number of aryl methyl sites for hydroxylation is 1. The van der Waals surface area contributed by atoms with Gasteiger partial charge in [-0.2, -0.15) is 0 Å². The van der Waals surface area contributed by atoms with Gasteiger partial charge in [-0.05, 0) is 29.7 Å². The molecular formula is C16H15BrClF. The summed E-state index contributed by atoms with van der Waals surface area (Å²) in [6.45, 7) is 2.15. The van der Waals surface area contributed by atoms with Crippen LogP contribution >= 0.6 is 27.5 Å². The predicted octanol–water partition coefficient (Wildman–Crippen LogP) is 5.92. The minimum atomic E-state index is -0.285. The van der Waals surface area contributed by atoms with Gasteiger partial charge in [0.1, 0.15) is 5.82 Å². The lowest BCUT2D eigenvalue weighted by atomic mass is 10.0. The van der Waals surface area contributed by atoms with Crippen molar-refractivity contribution in [1.82, 2.24) is 0 Å². The van der Waals surface area contributed by atoms with E-state index in [1.165, 1.54) is 11.6 Å². The smallest absolute Gasteiger partial charge is 0.129 e. The molecule has 2 aromatic carbocycles. The number of hydrogen-bond donors (Lipinski definition) is 0. The van der Waals surface area contributed by atoms with Gasteiger partial charge in [0.05, 0.1) is 4.83 Å². The monoisotopic (exact) mass is 340 g/mol. The SMILES string of the molecule is CCCc1ccc(C(Br)c2c(F)cccc2Cl)cc1. The van der Waals surface area contributed by atoms with Gasteiger partial charge in [0.2, 0.25) is 0 Å². The van der Waals surface area contributed by atoms with E-state index in [9.17, 15) is 4.39 Å². The van der Waals surface area contributed by atoms with Crippen LogP contribution in [0.1, 0.15) is 34.9 Å². The first-order valence-corrected chi connectivity index (χ1v) is 7.59. The van der Waals surface area contributed by atoms with E-state index in [-0.39, 0.29) is 10.6 Å². The summed E-state index contributed by atoms with van der Waals surface area (Å²) in [5, 5.41) is 0.444. The molecule has 2 aromatic rings. The van der Waals surface area contributed by atoms with Crippen molar-refractivity contribution in [2.45, 2.75) is 24.6 Å². The highest BCUT2D eigenvalue weighted by Crippen LogP contribution is 2.36. The Morgan fingerprint density at radius 2 is 1.84 bits per heavy atom. The third kappa shape index (κ3) is 3.37. The van der Waals surface area contributed by atoms with Crippen molar-refractivity contribution in [1.29, 1.82) is 0 Å². The highest BCUT2D eigenvalue weighted by atomic mass is 79.9. The fourth-order valence-electron chi connectivity index (χ4n) is 2.06. The summed E-state index contributed by atoms with van der Waals surface area (Å²) in [4.78, 5) is -0.225. The maximum absolute atomic E-state index is 13.9. The molecular weight excluding hydrogens is 327 g/mol. The molecule has 0 aliphatic rings. The lowest BCUT2D eigenvalue weighted by molar-refractivity contribution is 0.613. The Labute approximate surface area is 126 Å². The van der Waals surface area contributed by atoms with Gasteiger partial charge in [0.15, 0.2) is 0 Å². The summed E-state index contributed by atoms with van der Waals surface area (Å²) >= 11 is 9.62. The Morgan fingerprint density at radius 1 is 1.16 bits per heavy atom. The quantitative estimate of drug-likeness (QED) is 0.606. The lowest BCUT2D eigenvalue weighted by Crippen LogP contribution is -1.98. The van der Waals surface area contributed by atoms with Crippen molar-refractivity contribution < 1.29 is 4.39 Å². The molecule has 0 aliphatic carbocycles. The Bertz CT molecular complexity index is 531. The van der Waals surface area contributed by atoms with Gasteiger partial charge < -0.3 is 0 Å². The van der Waals surface area contributed by atoms with Crippen LogP contribution in [0, 0.1) is 5.82 Å². The maximum atomic E-state index is 13.9. The fourth-order valence-corrected chi connectivity index (χ4v) is 3.24. The standard InChI is InChI=1S/C16H15BrClF/c1-2-4-11-7-9-12(10-8-11)16(17)15-13(18)5-3-6-14(15)19/h3,5-10,16H,2,4H2,1H3. The molecule has 19 heavy (non-hydrogen) atoms. The Kier molecular flexibility index (Phi) is 5.00. The van der Waals surface area contributed by atoms with Gasteiger partial charge in [-0.3, -0.25) is 0 Å². The number of rotatable bonds is 4. The first-order chi connectivity index (χ1) is 9.13. The third-order valence-electron chi connectivity index (χ3n) is 3.06. The molecule has 0 fully saturated rings. The van der Waals surface area contributed by atoms with E-state index in [2.05, 4.69) is 35.0 Å². The van der Waals surface area contributed by atoms with E-state index in [0.29, 0.717) is 10.6 Å². The van der Waals surface area contributed by atoms with E-state index >= 15 is 0 Å². The van der Waals surface area contributed by atoms with Crippen LogP contribution in [0.3, 0.4) is 0 Å². The molecule has 0 nitrogen and oxygen atoms in total. The average Bonchev–Trinajstić information content (AvgIpc) is 2.39. The van der Waals surface area contributed by atoms with Crippen molar-refractivity contribution in [3.05, 3.63) is 70.0 Å². The molecule has 1 unspecified atom stereocenters. The minimum Gasteiger partial charge on any atom is -0.207 e. The average molecular weight is 342 g/mol. The number of benzene rings is 2. The van der Waals surface area contributed by atoms with Gasteiger partial charge in [-0.15, -0.1) is 0 Å². The highest BCUT2D eigenvalue weighted by Gasteiger charge is 2.17. The third-order valence-corrected chi connectivity index (χ3v) is 4.38. The molecule has 0 heterocycles. The second-order valence-corrected chi connectivity index (χ2v) is 5.81. The normalized spacial score (nSPS) is 12.4. The summed E-state index contributed by atoms with van der Waals surface area (Å²) in [5.41, 5.74) is 2.80. The largest absolute Gasteiger partial charge is 0.207 e. The molecule has 2 rings (SSSR count). The van der Waals surface area contributed by atoms with Crippen LogP contribution in [0.15, 0.2) is 42.5 Å². The first kappa shape index (κ1) is 14.5. The molecule has 1 atom stereocenters. The summed E-state index contributed by atoms with van der Waals surface area (Å²) in [5.74, 6) is -0.285. The Balaban J connectivity index is 2.31. The molecule has 0 saturated heterocycles. The minimum absolute atomic E-state index is 0.225. The lowest BCUT2D eigenvalue weighted by Gasteiger charge is -2.14. The molecule has 0 aliphatic heterocycles. The summed E-state index contributed by atoms with van der Waals surface area (Å²) < 4.78 is 13.9. The number of alkyl halides is 1. The zero-order valence-corrected chi connectivity index (χ0v) is 13.0. The van der Waals surface area contributed by atoms with Crippen molar-refractivity contribution in [2.24, 2.45) is 0 Å². The van der Waals surface area contributed by atoms with Gasteiger partial charge in [0, 0.05) is 10.6 Å². The second-order valence-electron chi connectivity index (χ2n) is 4.49. The van der Waals surface area contributed by atoms with Gasteiger partial charge >= 0.3 is 0 Å². The molecule has 0 amide bonds. The molecule has 3 heteroatoms. The maximum Gasteiger partial charge on any atom is 0.129 e. The zero-order valence-electron chi connectivity index (χ0n) is 10.7. The van der Waals surface area contributed by atoms with Crippen LogP contribution in [-0.2, 0) is 6.42 Å². The van der Waals surface area contributed by atoms with Gasteiger partial charge in [0.25, 0.3) is 0 Å². The number of hydrogen-bond acceptors (Lipinski definition) is 0. The van der Waals surface area contributed by atoms with Crippen LogP contribution in [0.2, 0.25) is 5.02 Å². The van der Waals surface area contributed by atoms with Crippen LogP contribution in [-0.4, -0.2) is 0 Å². The molecule has 0 radical (unpaired) electrons. The van der Waals surface area contributed by atoms with Crippen LogP contribution in [0.4, 0.5) is 4.39 Å². The first-order valence-electron chi connectivity index (χ1n) is 6.30. The summed E-state index contributed by atoms with van der Waals surface area (Å²) in [6, 6.07) is 13.0. The topological polar surface area (TPSA) is 0 Å². The zero-order chi connectivity index (χ0) is 13.8. The van der Waals surface area contributed by atoms with Crippen molar-refractivity contribution in [3.8, 4) is 0 Å². The predicted molar refractivity (Wildman–Crippen MR) is 82.6 cm³/mol. The molecule has 100 valence electrons. The molecule has 0 aromatic heterocycles. The van der Waals surface area contributed by atoms with Crippen LogP contribution in [0.25, 0.3) is 0 Å². The molecule has 0 spiro atoms. The van der Waals surface area contributed by atoms with E-state index < -0.39 is 0 Å². The van der Waals surface area contributed by atoms with Crippen LogP contribution < -0.4 is 0 Å². The molecule has 0 bridgehead atoms. The second kappa shape index (κ2) is 6.53. The Hall–Kier alpha value is -0.860. The van der Waals surface area contributed by atoms with Gasteiger partial charge in [-0.1, -0.05) is 71.2 Å². The molecule has 0 N–H and O–H groups in total. The highest BCUT2D eigenvalue weighted by molar-refractivity contribution is 9.09. The summed E-state index contributed by atoms with van der Waals surface area (Å²) in [7, 11) is 0. The summed E-state index contributed by atoms with van der Waals surface area (Å²) in [6.07, 6.45) is 2.18. The van der Waals surface area contributed by atoms with E-state index in [1.807, 2.05) is 12.1 Å². The number of halogens is 3.